The number of nitrogens with one attached hydrogen (secondary N) is 2. The van der Waals surface area contributed by atoms with Gasteiger partial charge < -0.3 is 15.4 Å². The molecular formula is C17H26N2O2. The van der Waals surface area contributed by atoms with Gasteiger partial charge in [0.15, 0.2) is 0 Å². The van der Waals surface area contributed by atoms with Crippen molar-refractivity contribution in [3.05, 3.63) is 34.4 Å². The summed E-state index contributed by atoms with van der Waals surface area (Å²) in [5, 5.41) is 6.34. The summed E-state index contributed by atoms with van der Waals surface area (Å²) < 4.78 is 5.56. The second kappa shape index (κ2) is 6.58. The molecule has 1 aromatic carbocycles. The van der Waals surface area contributed by atoms with E-state index in [0.29, 0.717) is 6.54 Å². The smallest absolute Gasteiger partial charge is 0.252 e. The highest BCUT2D eigenvalue weighted by atomic mass is 16.5. The number of ether oxygens (including phenoxy) is 1. The van der Waals surface area contributed by atoms with Crippen LogP contribution in [0.4, 0.5) is 0 Å². The Labute approximate surface area is 127 Å². The number of benzene rings is 1. The Morgan fingerprint density at radius 1 is 1.24 bits per heavy atom. The number of hydrogen-bond donors (Lipinski definition) is 2. The second-order valence-corrected chi connectivity index (χ2v) is 6.01. The standard InChI is InChI=1S/C17H26N2O2/c1-12-9-13(2)15(14(3)10-12)11-19-16(20)17(21-4)5-7-18-8-6-17/h9-10,18H,5-8,11H2,1-4H3,(H,19,20). The molecule has 21 heavy (non-hydrogen) atoms. The van der Waals surface area contributed by atoms with Gasteiger partial charge in [-0.1, -0.05) is 17.7 Å². The number of hydrogen-bond acceptors (Lipinski definition) is 3. The van der Waals surface area contributed by atoms with Crippen LogP contribution in [0.1, 0.15) is 35.1 Å². The van der Waals surface area contributed by atoms with Gasteiger partial charge in [0.05, 0.1) is 0 Å². The molecule has 2 N–H and O–H groups in total. The molecule has 1 amide bonds. The molecule has 1 fully saturated rings. The first kappa shape index (κ1) is 16.0. The van der Waals surface area contributed by atoms with E-state index in [4.69, 9.17) is 4.74 Å². The Bertz CT molecular complexity index is 497. The Kier molecular flexibility index (Phi) is 5.01. The van der Waals surface area contributed by atoms with Gasteiger partial charge in [0.2, 0.25) is 0 Å². The molecular weight excluding hydrogens is 264 g/mol. The van der Waals surface area contributed by atoms with Crippen LogP contribution in [0.25, 0.3) is 0 Å². The maximum absolute atomic E-state index is 12.6. The van der Waals surface area contributed by atoms with Crippen molar-refractivity contribution in [3.8, 4) is 0 Å². The lowest BCUT2D eigenvalue weighted by Gasteiger charge is -2.34. The van der Waals surface area contributed by atoms with Crippen molar-refractivity contribution in [1.82, 2.24) is 10.6 Å². The lowest BCUT2D eigenvalue weighted by Crippen LogP contribution is -2.54. The maximum atomic E-state index is 12.6. The van der Waals surface area contributed by atoms with E-state index in [-0.39, 0.29) is 5.91 Å². The van der Waals surface area contributed by atoms with Gasteiger partial charge in [-0.25, -0.2) is 0 Å². The molecule has 4 nitrogen and oxygen atoms in total. The van der Waals surface area contributed by atoms with Crippen LogP contribution in [-0.2, 0) is 16.1 Å². The third-order valence-electron chi connectivity index (χ3n) is 4.48. The molecule has 0 saturated carbocycles. The van der Waals surface area contributed by atoms with Gasteiger partial charge in [0.1, 0.15) is 5.60 Å². The van der Waals surface area contributed by atoms with Crippen molar-refractivity contribution in [2.75, 3.05) is 20.2 Å². The number of carbonyl (C=O) groups excluding carboxylic acids is 1. The van der Waals surface area contributed by atoms with E-state index in [1.54, 1.807) is 7.11 Å². The monoisotopic (exact) mass is 290 g/mol. The van der Waals surface area contributed by atoms with E-state index < -0.39 is 5.60 Å². The van der Waals surface area contributed by atoms with Crippen molar-refractivity contribution in [3.63, 3.8) is 0 Å². The highest BCUT2D eigenvalue weighted by Gasteiger charge is 2.39. The Morgan fingerprint density at radius 2 is 1.81 bits per heavy atom. The van der Waals surface area contributed by atoms with Crippen molar-refractivity contribution < 1.29 is 9.53 Å². The second-order valence-electron chi connectivity index (χ2n) is 6.01. The van der Waals surface area contributed by atoms with Crippen LogP contribution < -0.4 is 10.6 Å². The predicted molar refractivity (Wildman–Crippen MR) is 84.3 cm³/mol. The quantitative estimate of drug-likeness (QED) is 0.891. The van der Waals surface area contributed by atoms with Crippen LogP contribution in [0.3, 0.4) is 0 Å². The molecule has 4 heteroatoms. The fraction of sp³-hybridized carbons (Fsp3) is 0.588. The van der Waals surface area contributed by atoms with E-state index in [2.05, 4.69) is 43.5 Å². The molecule has 0 spiro atoms. The summed E-state index contributed by atoms with van der Waals surface area (Å²) in [5.74, 6) is 0.00544. The van der Waals surface area contributed by atoms with E-state index in [9.17, 15) is 4.79 Å². The SMILES string of the molecule is COC1(C(=O)NCc2c(C)cc(C)cc2C)CCNCC1. The van der Waals surface area contributed by atoms with Crippen LogP contribution in [-0.4, -0.2) is 31.7 Å². The number of aryl methyl sites for hydroxylation is 3. The molecule has 0 aromatic heterocycles. The largest absolute Gasteiger partial charge is 0.368 e. The van der Waals surface area contributed by atoms with E-state index in [0.717, 1.165) is 25.9 Å². The zero-order valence-corrected chi connectivity index (χ0v) is 13.5. The number of piperidine rings is 1. The van der Waals surface area contributed by atoms with Crippen LogP contribution in [0.2, 0.25) is 0 Å². The number of carbonyl (C=O) groups is 1. The zero-order chi connectivity index (χ0) is 15.5. The number of methoxy groups -OCH3 is 1. The first-order valence-electron chi connectivity index (χ1n) is 7.59. The molecule has 116 valence electrons. The zero-order valence-electron chi connectivity index (χ0n) is 13.5. The maximum Gasteiger partial charge on any atom is 0.252 e. The third-order valence-corrected chi connectivity index (χ3v) is 4.48. The molecule has 1 saturated heterocycles. The van der Waals surface area contributed by atoms with Crippen molar-refractivity contribution >= 4 is 5.91 Å². The van der Waals surface area contributed by atoms with Gasteiger partial charge in [-0.3, -0.25) is 4.79 Å². The summed E-state index contributed by atoms with van der Waals surface area (Å²) in [7, 11) is 1.63. The van der Waals surface area contributed by atoms with Crippen LogP contribution in [0, 0.1) is 20.8 Å². The summed E-state index contributed by atoms with van der Waals surface area (Å²) in [5.41, 5.74) is 4.24. The summed E-state index contributed by atoms with van der Waals surface area (Å²) >= 11 is 0. The molecule has 0 radical (unpaired) electrons. The van der Waals surface area contributed by atoms with Gasteiger partial charge in [-0.15, -0.1) is 0 Å². The van der Waals surface area contributed by atoms with Crippen molar-refractivity contribution in [2.45, 2.75) is 45.8 Å². The van der Waals surface area contributed by atoms with E-state index >= 15 is 0 Å². The van der Waals surface area contributed by atoms with Crippen molar-refractivity contribution in [2.24, 2.45) is 0 Å². The molecule has 0 aliphatic carbocycles. The lowest BCUT2D eigenvalue weighted by atomic mass is 9.91. The van der Waals surface area contributed by atoms with Crippen LogP contribution in [0.15, 0.2) is 12.1 Å². The van der Waals surface area contributed by atoms with Gasteiger partial charge in [-0.05, 0) is 63.4 Å². The molecule has 0 unspecified atom stereocenters. The van der Waals surface area contributed by atoms with Crippen LogP contribution in [0.5, 0.6) is 0 Å². The molecule has 1 aliphatic heterocycles. The van der Waals surface area contributed by atoms with Gasteiger partial charge in [0.25, 0.3) is 5.91 Å². The number of rotatable bonds is 4. The minimum Gasteiger partial charge on any atom is -0.368 e. The number of amides is 1. The molecule has 2 rings (SSSR count). The molecule has 1 aromatic rings. The average Bonchev–Trinajstić information content (AvgIpc) is 2.46. The molecule has 0 bridgehead atoms. The van der Waals surface area contributed by atoms with E-state index in [1.807, 2.05) is 0 Å². The average molecular weight is 290 g/mol. The van der Waals surface area contributed by atoms with Crippen molar-refractivity contribution in [1.29, 1.82) is 0 Å². The molecule has 1 heterocycles. The fourth-order valence-electron chi connectivity index (χ4n) is 3.17. The summed E-state index contributed by atoms with van der Waals surface area (Å²) in [6.07, 6.45) is 1.45. The minimum absolute atomic E-state index is 0.00544. The fourth-order valence-corrected chi connectivity index (χ4v) is 3.17. The first-order chi connectivity index (χ1) is 9.98. The normalized spacial score (nSPS) is 17.5. The topological polar surface area (TPSA) is 50.4 Å². The summed E-state index contributed by atoms with van der Waals surface area (Å²) in [4.78, 5) is 12.6. The Balaban J connectivity index is 2.07. The minimum atomic E-state index is -0.669. The molecule has 1 aliphatic rings. The summed E-state index contributed by atoms with van der Waals surface area (Å²) in [6, 6.07) is 4.32. The van der Waals surface area contributed by atoms with E-state index in [1.165, 1.54) is 22.3 Å². The van der Waals surface area contributed by atoms with Gasteiger partial charge >= 0.3 is 0 Å². The summed E-state index contributed by atoms with van der Waals surface area (Å²) in [6.45, 7) is 8.50. The Hall–Kier alpha value is -1.39. The molecule has 0 atom stereocenters. The van der Waals surface area contributed by atoms with Gasteiger partial charge in [-0.2, -0.15) is 0 Å². The van der Waals surface area contributed by atoms with Crippen LogP contribution >= 0.6 is 0 Å². The Morgan fingerprint density at radius 3 is 2.33 bits per heavy atom. The lowest BCUT2D eigenvalue weighted by molar-refractivity contribution is -0.146. The van der Waals surface area contributed by atoms with Gasteiger partial charge in [0, 0.05) is 13.7 Å². The highest BCUT2D eigenvalue weighted by Crippen LogP contribution is 2.23. The first-order valence-corrected chi connectivity index (χ1v) is 7.59. The predicted octanol–water partition coefficient (Wildman–Crippen LogP) is 2.00. The highest BCUT2D eigenvalue weighted by molar-refractivity contribution is 5.85. The third kappa shape index (κ3) is 3.44.